The minimum Gasteiger partial charge on any atom is -0.426 e. The number of alkyl halides is 1. The van der Waals surface area contributed by atoms with Gasteiger partial charge in [0.05, 0.1) is 0 Å². The molecule has 2 nitrogen and oxygen atoms in total. The Hall–Kier alpha value is 0.465. The van der Waals surface area contributed by atoms with Crippen LogP contribution in [0.3, 0.4) is 0 Å². The van der Waals surface area contributed by atoms with Crippen molar-refractivity contribution in [1.82, 2.24) is 0 Å². The zero-order chi connectivity index (χ0) is 7.44. The molecule has 0 heterocycles. The zero-order valence-electron chi connectivity index (χ0n) is 5.71. The Morgan fingerprint density at radius 3 is 2.00 bits per heavy atom. The molecule has 0 aliphatic rings. The standard InChI is InChI=1S/C5H12BBrO2/c1-4(2)3-5(7)6(8)9/h4-5,8-9H,3H2,1-2H3. The normalized spacial score (nSPS) is 14.0. The third-order valence-corrected chi connectivity index (χ3v) is 1.87. The molecule has 2 N–H and O–H groups in total. The molecule has 0 amide bonds. The fourth-order valence-corrected chi connectivity index (χ4v) is 1.32. The molecule has 0 aliphatic carbocycles. The van der Waals surface area contributed by atoms with Gasteiger partial charge in [-0.25, -0.2) is 0 Å². The van der Waals surface area contributed by atoms with Crippen molar-refractivity contribution in [3.05, 3.63) is 0 Å². The van der Waals surface area contributed by atoms with Gasteiger partial charge in [-0.05, 0) is 12.3 Å². The van der Waals surface area contributed by atoms with Gasteiger partial charge < -0.3 is 10.0 Å². The van der Waals surface area contributed by atoms with Crippen molar-refractivity contribution in [2.24, 2.45) is 5.92 Å². The Labute approximate surface area is 64.5 Å². The topological polar surface area (TPSA) is 40.5 Å². The molecule has 0 saturated heterocycles. The molecular weight excluding hydrogens is 183 g/mol. The van der Waals surface area contributed by atoms with Gasteiger partial charge in [-0.2, -0.15) is 0 Å². The summed E-state index contributed by atoms with van der Waals surface area (Å²) in [5, 5.41) is 17.2. The van der Waals surface area contributed by atoms with E-state index < -0.39 is 7.12 Å². The van der Waals surface area contributed by atoms with E-state index >= 15 is 0 Å². The van der Waals surface area contributed by atoms with Gasteiger partial charge in [0.25, 0.3) is 0 Å². The summed E-state index contributed by atoms with van der Waals surface area (Å²) < 4.78 is -0.183. The molecule has 0 aromatic heterocycles. The highest BCUT2D eigenvalue weighted by Crippen LogP contribution is 2.12. The second kappa shape index (κ2) is 4.31. The van der Waals surface area contributed by atoms with E-state index in [0.717, 1.165) is 6.42 Å². The maximum atomic E-state index is 8.58. The molecule has 0 aromatic rings. The molecule has 0 bridgehead atoms. The van der Waals surface area contributed by atoms with Crippen molar-refractivity contribution in [2.75, 3.05) is 0 Å². The van der Waals surface area contributed by atoms with Crippen LogP contribution >= 0.6 is 15.9 Å². The lowest BCUT2D eigenvalue weighted by atomic mass is 9.81. The number of rotatable bonds is 3. The Morgan fingerprint density at radius 1 is 1.44 bits per heavy atom. The molecule has 0 aliphatic heterocycles. The average molecular weight is 195 g/mol. The van der Waals surface area contributed by atoms with Gasteiger partial charge >= 0.3 is 7.12 Å². The van der Waals surface area contributed by atoms with Gasteiger partial charge in [0.2, 0.25) is 0 Å². The molecule has 0 fully saturated rings. The molecule has 1 unspecified atom stereocenters. The van der Waals surface area contributed by atoms with Crippen LogP contribution in [0.4, 0.5) is 0 Å². The van der Waals surface area contributed by atoms with E-state index in [-0.39, 0.29) is 4.73 Å². The van der Waals surface area contributed by atoms with Crippen molar-refractivity contribution in [3.8, 4) is 0 Å². The van der Waals surface area contributed by atoms with Crippen molar-refractivity contribution in [3.63, 3.8) is 0 Å². The monoisotopic (exact) mass is 194 g/mol. The smallest absolute Gasteiger partial charge is 0.426 e. The quantitative estimate of drug-likeness (QED) is 0.516. The Bertz CT molecular complexity index is 77.4. The second-order valence-corrected chi connectivity index (χ2v) is 3.74. The summed E-state index contributed by atoms with van der Waals surface area (Å²) in [6.07, 6.45) is 0.789. The summed E-state index contributed by atoms with van der Waals surface area (Å²) in [4.78, 5) is 0. The molecule has 1 atom stereocenters. The Kier molecular flexibility index (Phi) is 4.53. The third-order valence-electron chi connectivity index (χ3n) is 1.02. The van der Waals surface area contributed by atoms with Crippen LogP contribution in [0.5, 0.6) is 0 Å². The van der Waals surface area contributed by atoms with Crippen LogP contribution < -0.4 is 0 Å². The zero-order valence-corrected chi connectivity index (χ0v) is 7.30. The lowest BCUT2D eigenvalue weighted by Crippen LogP contribution is -2.26. The first kappa shape index (κ1) is 9.46. The minimum atomic E-state index is -1.23. The molecule has 0 radical (unpaired) electrons. The number of halogens is 1. The van der Waals surface area contributed by atoms with Crippen LogP contribution in [-0.2, 0) is 0 Å². The maximum absolute atomic E-state index is 8.58. The molecule has 9 heavy (non-hydrogen) atoms. The summed E-state index contributed by atoms with van der Waals surface area (Å²) in [7, 11) is -1.23. The Morgan fingerprint density at radius 2 is 1.89 bits per heavy atom. The van der Waals surface area contributed by atoms with Crippen LogP contribution in [-0.4, -0.2) is 21.9 Å². The molecular formula is C5H12BBrO2. The van der Waals surface area contributed by atoms with E-state index in [2.05, 4.69) is 15.9 Å². The summed E-state index contributed by atoms with van der Waals surface area (Å²) in [5.74, 6) is 0.496. The number of hydrogen-bond donors (Lipinski definition) is 2. The first-order valence-electron chi connectivity index (χ1n) is 3.04. The van der Waals surface area contributed by atoms with Crippen molar-refractivity contribution >= 4 is 23.0 Å². The molecule has 0 aromatic carbocycles. The average Bonchev–Trinajstić information content (AvgIpc) is 1.63. The van der Waals surface area contributed by atoms with Crippen LogP contribution in [0.2, 0.25) is 0 Å². The van der Waals surface area contributed by atoms with Gasteiger partial charge in [-0.15, -0.1) is 0 Å². The van der Waals surface area contributed by atoms with E-state index in [1.165, 1.54) is 0 Å². The molecule has 4 heteroatoms. The van der Waals surface area contributed by atoms with E-state index in [0.29, 0.717) is 5.92 Å². The first-order chi connectivity index (χ1) is 4.04. The van der Waals surface area contributed by atoms with Crippen molar-refractivity contribution in [2.45, 2.75) is 25.0 Å². The fourth-order valence-electron chi connectivity index (χ4n) is 0.572. The van der Waals surface area contributed by atoms with Gasteiger partial charge in [0.1, 0.15) is 0 Å². The summed E-state index contributed by atoms with van der Waals surface area (Å²) in [6.45, 7) is 4.08. The third kappa shape index (κ3) is 4.94. The van der Waals surface area contributed by atoms with Crippen LogP contribution in [0, 0.1) is 5.92 Å². The van der Waals surface area contributed by atoms with E-state index in [1.807, 2.05) is 13.8 Å². The molecule has 54 valence electrons. The molecule has 0 rings (SSSR count). The highest BCUT2D eigenvalue weighted by Gasteiger charge is 2.20. The predicted molar refractivity (Wildman–Crippen MR) is 42.4 cm³/mol. The van der Waals surface area contributed by atoms with Crippen LogP contribution in [0.25, 0.3) is 0 Å². The minimum absolute atomic E-state index is 0.183. The summed E-state index contributed by atoms with van der Waals surface area (Å²) >= 11 is 3.14. The second-order valence-electron chi connectivity index (χ2n) is 2.56. The van der Waals surface area contributed by atoms with Gasteiger partial charge in [0, 0.05) is 4.73 Å². The predicted octanol–water partition coefficient (Wildman–Crippen LogP) is 0.808. The van der Waals surface area contributed by atoms with Crippen molar-refractivity contribution in [1.29, 1.82) is 0 Å². The summed E-state index contributed by atoms with van der Waals surface area (Å²) in [6, 6.07) is 0. The van der Waals surface area contributed by atoms with Crippen LogP contribution in [0.1, 0.15) is 20.3 Å². The molecule has 0 spiro atoms. The first-order valence-corrected chi connectivity index (χ1v) is 3.95. The SMILES string of the molecule is CC(C)CC(Br)B(O)O. The van der Waals surface area contributed by atoms with E-state index in [1.54, 1.807) is 0 Å². The van der Waals surface area contributed by atoms with E-state index in [9.17, 15) is 0 Å². The fraction of sp³-hybridized carbons (Fsp3) is 1.00. The van der Waals surface area contributed by atoms with Gasteiger partial charge in [-0.3, -0.25) is 0 Å². The maximum Gasteiger partial charge on any atom is 0.466 e. The van der Waals surface area contributed by atoms with E-state index in [4.69, 9.17) is 10.0 Å². The van der Waals surface area contributed by atoms with Crippen LogP contribution in [0.15, 0.2) is 0 Å². The van der Waals surface area contributed by atoms with Gasteiger partial charge in [0.15, 0.2) is 0 Å². The number of hydrogen-bond acceptors (Lipinski definition) is 2. The Balaban J connectivity index is 3.38. The highest BCUT2D eigenvalue weighted by atomic mass is 79.9. The molecule has 0 saturated carbocycles. The van der Waals surface area contributed by atoms with Gasteiger partial charge in [-0.1, -0.05) is 29.8 Å². The lowest BCUT2D eigenvalue weighted by molar-refractivity contribution is 0.394. The largest absolute Gasteiger partial charge is 0.466 e. The van der Waals surface area contributed by atoms with Crippen molar-refractivity contribution < 1.29 is 10.0 Å². The summed E-state index contributed by atoms with van der Waals surface area (Å²) in [5.41, 5.74) is 0. The highest BCUT2D eigenvalue weighted by molar-refractivity contribution is 9.10. The lowest BCUT2D eigenvalue weighted by Gasteiger charge is -2.09.